The fourth-order valence-corrected chi connectivity index (χ4v) is 1.57. The Morgan fingerprint density at radius 3 is 3.08 bits per heavy atom. The van der Waals surface area contributed by atoms with Gasteiger partial charge in [0.05, 0.1) is 12.7 Å². The van der Waals surface area contributed by atoms with Crippen molar-refractivity contribution in [2.75, 3.05) is 32.8 Å². The van der Waals surface area contributed by atoms with Gasteiger partial charge >= 0.3 is 0 Å². The van der Waals surface area contributed by atoms with Gasteiger partial charge < -0.3 is 9.84 Å². The second-order valence-corrected chi connectivity index (χ2v) is 3.29. The zero-order valence-electron chi connectivity index (χ0n) is 7.83. The van der Waals surface area contributed by atoms with Crippen LogP contribution in [0.5, 0.6) is 0 Å². The van der Waals surface area contributed by atoms with Crippen LogP contribution in [0.4, 0.5) is 0 Å². The third-order valence-electron chi connectivity index (χ3n) is 2.24. The molecule has 0 radical (unpaired) electrons. The number of β-amino-alcohol motifs (C(OH)–C–C–N with tert-alkyl or cyclic N) is 1. The van der Waals surface area contributed by atoms with Crippen molar-refractivity contribution in [2.24, 2.45) is 0 Å². The molecule has 0 aromatic carbocycles. The van der Waals surface area contributed by atoms with Crippen molar-refractivity contribution in [3.05, 3.63) is 0 Å². The lowest BCUT2D eigenvalue weighted by Gasteiger charge is -2.29. The first-order valence-electron chi connectivity index (χ1n) is 4.81. The van der Waals surface area contributed by atoms with Crippen molar-refractivity contribution in [1.82, 2.24) is 4.90 Å². The number of rotatable bonds is 4. The zero-order valence-corrected chi connectivity index (χ0v) is 7.83. The van der Waals surface area contributed by atoms with Gasteiger partial charge in [0.1, 0.15) is 0 Å². The Labute approximate surface area is 74.3 Å². The fraction of sp³-hybridized carbons (Fsp3) is 1.00. The van der Waals surface area contributed by atoms with Gasteiger partial charge in [-0.15, -0.1) is 0 Å². The van der Waals surface area contributed by atoms with Crippen LogP contribution in [-0.4, -0.2) is 49.0 Å². The van der Waals surface area contributed by atoms with Gasteiger partial charge in [-0.05, 0) is 26.3 Å². The highest BCUT2D eigenvalue weighted by Crippen LogP contribution is 2.08. The molecule has 1 heterocycles. The van der Waals surface area contributed by atoms with Gasteiger partial charge in [-0.1, -0.05) is 0 Å². The zero-order chi connectivity index (χ0) is 8.81. The van der Waals surface area contributed by atoms with Crippen LogP contribution in [0.1, 0.15) is 19.8 Å². The molecule has 0 saturated carbocycles. The van der Waals surface area contributed by atoms with Crippen LogP contribution in [0.25, 0.3) is 0 Å². The SMILES string of the molecule is CCOCCN1CCC[C@@H](O)C1. The van der Waals surface area contributed by atoms with E-state index in [0.29, 0.717) is 0 Å². The van der Waals surface area contributed by atoms with Gasteiger partial charge in [0.25, 0.3) is 0 Å². The number of piperidine rings is 1. The molecule has 1 aliphatic heterocycles. The molecule has 1 N–H and O–H groups in total. The summed E-state index contributed by atoms with van der Waals surface area (Å²) in [4.78, 5) is 2.27. The van der Waals surface area contributed by atoms with Crippen LogP contribution in [-0.2, 0) is 4.74 Å². The fourth-order valence-electron chi connectivity index (χ4n) is 1.57. The molecule has 1 saturated heterocycles. The summed E-state index contributed by atoms with van der Waals surface area (Å²) in [6, 6.07) is 0. The summed E-state index contributed by atoms with van der Waals surface area (Å²) in [6.45, 7) is 6.49. The van der Waals surface area contributed by atoms with Crippen LogP contribution in [0.3, 0.4) is 0 Å². The Balaban J connectivity index is 2.06. The van der Waals surface area contributed by atoms with Crippen molar-refractivity contribution in [3.8, 4) is 0 Å². The molecule has 1 rings (SSSR count). The second-order valence-electron chi connectivity index (χ2n) is 3.29. The standard InChI is InChI=1S/C9H19NO2/c1-2-12-7-6-10-5-3-4-9(11)8-10/h9,11H,2-8H2,1H3/t9-/m1/s1. The van der Waals surface area contributed by atoms with Crippen molar-refractivity contribution in [1.29, 1.82) is 0 Å². The number of nitrogens with zero attached hydrogens (tertiary/aromatic N) is 1. The minimum atomic E-state index is -0.111. The summed E-state index contributed by atoms with van der Waals surface area (Å²) < 4.78 is 5.25. The molecule has 0 unspecified atom stereocenters. The van der Waals surface area contributed by atoms with E-state index in [0.717, 1.165) is 45.7 Å². The smallest absolute Gasteiger partial charge is 0.0667 e. The maximum absolute atomic E-state index is 9.35. The van der Waals surface area contributed by atoms with Crippen LogP contribution >= 0.6 is 0 Å². The van der Waals surface area contributed by atoms with E-state index in [-0.39, 0.29) is 6.10 Å². The third kappa shape index (κ3) is 3.52. The van der Waals surface area contributed by atoms with E-state index < -0.39 is 0 Å². The molecule has 1 aliphatic rings. The summed E-state index contributed by atoms with van der Waals surface area (Å²) >= 11 is 0. The highest BCUT2D eigenvalue weighted by atomic mass is 16.5. The molecule has 3 nitrogen and oxygen atoms in total. The quantitative estimate of drug-likeness (QED) is 0.628. The van der Waals surface area contributed by atoms with Crippen molar-refractivity contribution >= 4 is 0 Å². The predicted molar refractivity (Wildman–Crippen MR) is 48.2 cm³/mol. The summed E-state index contributed by atoms with van der Waals surface area (Å²) in [6.07, 6.45) is 1.97. The van der Waals surface area contributed by atoms with Crippen molar-refractivity contribution < 1.29 is 9.84 Å². The molecule has 3 heteroatoms. The summed E-state index contributed by atoms with van der Waals surface area (Å²) in [5.41, 5.74) is 0. The molecule has 0 aromatic rings. The number of likely N-dealkylation sites (tertiary alicyclic amines) is 1. The lowest BCUT2D eigenvalue weighted by Crippen LogP contribution is -2.39. The number of aliphatic hydroxyl groups excluding tert-OH is 1. The largest absolute Gasteiger partial charge is 0.392 e. The van der Waals surface area contributed by atoms with E-state index in [9.17, 15) is 5.11 Å². The molecular formula is C9H19NO2. The average molecular weight is 173 g/mol. The van der Waals surface area contributed by atoms with Gasteiger partial charge in [0.15, 0.2) is 0 Å². The third-order valence-corrected chi connectivity index (χ3v) is 2.24. The van der Waals surface area contributed by atoms with Crippen LogP contribution in [0, 0.1) is 0 Å². The van der Waals surface area contributed by atoms with Crippen LogP contribution < -0.4 is 0 Å². The summed E-state index contributed by atoms with van der Waals surface area (Å²) in [5.74, 6) is 0. The Morgan fingerprint density at radius 2 is 2.42 bits per heavy atom. The second kappa shape index (κ2) is 5.51. The van der Waals surface area contributed by atoms with Gasteiger partial charge in [-0.2, -0.15) is 0 Å². The lowest BCUT2D eigenvalue weighted by atomic mass is 10.1. The number of hydrogen-bond acceptors (Lipinski definition) is 3. The minimum Gasteiger partial charge on any atom is -0.392 e. The van der Waals surface area contributed by atoms with E-state index in [1.807, 2.05) is 6.92 Å². The van der Waals surface area contributed by atoms with Gasteiger partial charge in [-0.3, -0.25) is 4.90 Å². The first-order chi connectivity index (χ1) is 5.83. The monoisotopic (exact) mass is 173 g/mol. The van der Waals surface area contributed by atoms with E-state index >= 15 is 0 Å². The summed E-state index contributed by atoms with van der Waals surface area (Å²) in [7, 11) is 0. The first kappa shape index (κ1) is 9.96. The van der Waals surface area contributed by atoms with Crippen molar-refractivity contribution in [2.45, 2.75) is 25.9 Å². The molecule has 1 atom stereocenters. The molecule has 12 heavy (non-hydrogen) atoms. The van der Waals surface area contributed by atoms with Gasteiger partial charge in [0.2, 0.25) is 0 Å². The highest BCUT2D eigenvalue weighted by Gasteiger charge is 2.16. The number of aliphatic hydroxyl groups is 1. The number of hydrogen-bond donors (Lipinski definition) is 1. The molecule has 0 bridgehead atoms. The maximum Gasteiger partial charge on any atom is 0.0667 e. The average Bonchev–Trinajstić information content (AvgIpc) is 2.05. The Hall–Kier alpha value is -0.120. The lowest BCUT2D eigenvalue weighted by molar-refractivity contribution is 0.0475. The first-order valence-corrected chi connectivity index (χ1v) is 4.81. The molecule has 1 fully saturated rings. The van der Waals surface area contributed by atoms with Crippen molar-refractivity contribution in [3.63, 3.8) is 0 Å². The normalized spacial score (nSPS) is 26.0. The van der Waals surface area contributed by atoms with E-state index in [1.165, 1.54) is 0 Å². The Kier molecular flexibility index (Phi) is 4.58. The minimum absolute atomic E-state index is 0.111. The Morgan fingerprint density at radius 1 is 1.58 bits per heavy atom. The van der Waals surface area contributed by atoms with Gasteiger partial charge in [0, 0.05) is 19.7 Å². The van der Waals surface area contributed by atoms with Gasteiger partial charge in [-0.25, -0.2) is 0 Å². The van der Waals surface area contributed by atoms with E-state index in [2.05, 4.69) is 4.90 Å². The molecule has 72 valence electrons. The molecule has 0 aliphatic carbocycles. The van der Waals surface area contributed by atoms with Crippen LogP contribution in [0.15, 0.2) is 0 Å². The van der Waals surface area contributed by atoms with E-state index in [1.54, 1.807) is 0 Å². The highest BCUT2D eigenvalue weighted by molar-refractivity contribution is 4.71. The topological polar surface area (TPSA) is 32.7 Å². The molecule has 0 spiro atoms. The Bertz CT molecular complexity index is 119. The van der Waals surface area contributed by atoms with E-state index in [4.69, 9.17) is 4.74 Å². The predicted octanol–water partition coefficient (Wildman–Crippen LogP) is 0.480. The molecule has 0 aromatic heterocycles. The molecular weight excluding hydrogens is 154 g/mol. The van der Waals surface area contributed by atoms with Crippen LogP contribution in [0.2, 0.25) is 0 Å². The summed E-state index contributed by atoms with van der Waals surface area (Å²) in [5, 5.41) is 9.35. The maximum atomic E-state index is 9.35. The molecule has 0 amide bonds. The number of ether oxygens (including phenoxy) is 1.